The fourth-order valence-corrected chi connectivity index (χ4v) is 4.13. The van der Waals surface area contributed by atoms with Gasteiger partial charge in [-0.1, -0.05) is 29.8 Å². The highest BCUT2D eigenvalue weighted by Gasteiger charge is 2.15. The number of aromatic amines is 1. The summed E-state index contributed by atoms with van der Waals surface area (Å²) in [6.45, 7) is 0.536. The van der Waals surface area contributed by atoms with Crippen LogP contribution in [0.4, 0.5) is 0 Å². The lowest BCUT2D eigenvalue weighted by Gasteiger charge is -2.06. The van der Waals surface area contributed by atoms with E-state index >= 15 is 0 Å². The molecule has 0 saturated carbocycles. The molecule has 0 aliphatic heterocycles. The van der Waals surface area contributed by atoms with Gasteiger partial charge in [0.1, 0.15) is 5.76 Å². The quantitative estimate of drug-likeness (QED) is 0.385. The van der Waals surface area contributed by atoms with Gasteiger partial charge >= 0.3 is 0 Å². The van der Waals surface area contributed by atoms with Crippen LogP contribution in [0.1, 0.15) is 21.7 Å². The van der Waals surface area contributed by atoms with E-state index in [0.29, 0.717) is 28.6 Å². The molecule has 2 aromatic carbocycles. The van der Waals surface area contributed by atoms with Gasteiger partial charge in [0.25, 0.3) is 5.91 Å². The van der Waals surface area contributed by atoms with Crippen molar-refractivity contribution in [2.45, 2.75) is 17.1 Å². The van der Waals surface area contributed by atoms with E-state index in [1.807, 2.05) is 54.7 Å². The Morgan fingerprint density at radius 3 is 2.86 bits per heavy atom. The van der Waals surface area contributed by atoms with E-state index in [9.17, 15) is 4.79 Å². The minimum absolute atomic E-state index is 0.115. The smallest absolute Gasteiger partial charge is 0.254 e. The molecule has 0 aliphatic carbocycles. The Hall–Kier alpha value is -2.63. The number of furan rings is 1. The molecule has 0 atom stereocenters. The predicted molar refractivity (Wildman–Crippen MR) is 114 cm³/mol. The van der Waals surface area contributed by atoms with Crippen molar-refractivity contribution in [1.82, 2.24) is 10.3 Å². The van der Waals surface area contributed by atoms with E-state index in [-0.39, 0.29) is 5.91 Å². The summed E-state index contributed by atoms with van der Waals surface area (Å²) in [7, 11) is 0. The number of fused-ring (bicyclic) bond motifs is 1. The van der Waals surface area contributed by atoms with Crippen LogP contribution in [0.3, 0.4) is 0 Å². The molecule has 4 nitrogen and oxygen atoms in total. The van der Waals surface area contributed by atoms with Crippen molar-refractivity contribution in [1.29, 1.82) is 0 Å². The molecule has 2 aromatic heterocycles. The van der Waals surface area contributed by atoms with Gasteiger partial charge in [0.15, 0.2) is 0 Å². The molecule has 2 N–H and O–H groups in total. The second kappa shape index (κ2) is 8.59. The second-order valence-electron chi connectivity index (χ2n) is 6.37. The topological polar surface area (TPSA) is 58.0 Å². The van der Waals surface area contributed by atoms with Crippen molar-refractivity contribution in [2.24, 2.45) is 0 Å². The average molecular weight is 411 g/mol. The number of hydrogen-bond acceptors (Lipinski definition) is 3. The van der Waals surface area contributed by atoms with Gasteiger partial charge in [0, 0.05) is 33.6 Å². The van der Waals surface area contributed by atoms with E-state index in [0.717, 1.165) is 27.8 Å². The molecule has 6 heteroatoms. The summed E-state index contributed by atoms with van der Waals surface area (Å²) in [5.74, 6) is 1.18. The van der Waals surface area contributed by atoms with E-state index in [1.54, 1.807) is 24.1 Å². The number of carbonyl (C=O) groups is 1. The molecule has 0 radical (unpaired) electrons. The van der Waals surface area contributed by atoms with Crippen molar-refractivity contribution in [3.63, 3.8) is 0 Å². The van der Waals surface area contributed by atoms with Crippen LogP contribution >= 0.6 is 23.4 Å². The number of nitrogens with one attached hydrogen (secondary N) is 2. The number of benzene rings is 2. The van der Waals surface area contributed by atoms with E-state index in [2.05, 4.69) is 10.3 Å². The zero-order chi connectivity index (χ0) is 19.3. The van der Waals surface area contributed by atoms with Crippen LogP contribution < -0.4 is 5.32 Å². The minimum Gasteiger partial charge on any atom is -0.468 e. The summed E-state index contributed by atoms with van der Waals surface area (Å²) >= 11 is 7.74. The molecule has 28 heavy (non-hydrogen) atoms. The van der Waals surface area contributed by atoms with Crippen molar-refractivity contribution in [3.8, 4) is 0 Å². The molecule has 1 amide bonds. The Kier molecular flexibility index (Phi) is 5.74. The Labute approximate surface area is 172 Å². The number of amides is 1. The van der Waals surface area contributed by atoms with Gasteiger partial charge in [-0.2, -0.15) is 0 Å². The Morgan fingerprint density at radius 2 is 2.00 bits per heavy atom. The first-order valence-corrected chi connectivity index (χ1v) is 10.3. The lowest BCUT2D eigenvalue weighted by Crippen LogP contribution is -2.26. The van der Waals surface area contributed by atoms with Gasteiger partial charge in [-0.05, 0) is 48.4 Å². The lowest BCUT2D eigenvalue weighted by atomic mass is 10.1. The van der Waals surface area contributed by atoms with Crippen LogP contribution in [-0.4, -0.2) is 17.4 Å². The number of H-pyrrole nitrogens is 1. The predicted octanol–water partition coefficient (Wildman–Crippen LogP) is 5.68. The Morgan fingerprint density at radius 1 is 1.14 bits per heavy atom. The molecular weight excluding hydrogens is 392 g/mol. The van der Waals surface area contributed by atoms with Crippen LogP contribution in [0.25, 0.3) is 10.9 Å². The van der Waals surface area contributed by atoms with E-state index in [1.165, 1.54) is 0 Å². The summed E-state index contributed by atoms with van der Waals surface area (Å²) in [4.78, 5) is 17.0. The fourth-order valence-electron chi connectivity index (χ4n) is 3.08. The third-order valence-electron chi connectivity index (χ3n) is 4.51. The molecule has 0 spiro atoms. The number of halogens is 1. The van der Waals surface area contributed by atoms with Crippen LogP contribution in [0.15, 0.2) is 76.4 Å². The molecule has 0 fully saturated rings. The number of thioether (sulfide) groups is 1. The number of rotatable bonds is 7. The summed E-state index contributed by atoms with van der Waals surface area (Å²) in [6, 6.07) is 17.5. The van der Waals surface area contributed by atoms with Crippen LogP contribution in [0.5, 0.6) is 0 Å². The largest absolute Gasteiger partial charge is 0.468 e. The molecular formula is C22H19ClN2O2S. The molecule has 4 aromatic rings. The Balaban J connectivity index is 1.35. The molecule has 0 unspecified atom stereocenters. The fraction of sp³-hybridized carbons (Fsp3) is 0.136. The highest BCUT2D eigenvalue weighted by Crippen LogP contribution is 2.25. The van der Waals surface area contributed by atoms with Crippen molar-refractivity contribution in [3.05, 3.63) is 89.0 Å². The number of aromatic nitrogens is 1. The van der Waals surface area contributed by atoms with E-state index < -0.39 is 0 Å². The lowest BCUT2D eigenvalue weighted by molar-refractivity contribution is 0.0952. The van der Waals surface area contributed by atoms with Gasteiger partial charge in [0.2, 0.25) is 0 Å². The maximum absolute atomic E-state index is 12.6. The van der Waals surface area contributed by atoms with Crippen molar-refractivity contribution in [2.75, 3.05) is 6.54 Å². The maximum Gasteiger partial charge on any atom is 0.254 e. The van der Waals surface area contributed by atoms with Gasteiger partial charge < -0.3 is 14.7 Å². The van der Waals surface area contributed by atoms with Crippen LogP contribution in [-0.2, 0) is 12.2 Å². The molecule has 0 bridgehead atoms. The molecule has 2 heterocycles. The molecule has 0 aliphatic rings. The number of hydrogen-bond donors (Lipinski definition) is 2. The van der Waals surface area contributed by atoms with Gasteiger partial charge in [-0.15, -0.1) is 11.8 Å². The Bertz CT molecular complexity index is 1090. The highest BCUT2D eigenvalue weighted by molar-refractivity contribution is 7.98. The zero-order valence-electron chi connectivity index (χ0n) is 15.1. The second-order valence-corrected chi connectivity index (χ2v) is 7.85. The third-order valence-corrected chi connectivity index (χ3v) is 5.76. The van der Waals surface area contributed by atoms with Gasteiger partial charge in [-0.25, -0.2) is 0 Å². The van der Waals surface area contributed by atoms with Gasteiger partial charge in [-0.3, -0.25) is 4.79 Å². The van der Waals surface area contributed by atoms with Crippen molar-refractivity contribution >= 4 is 40.2 Å². The molecule has 142 valence electrons. The van der Waals surface area contributed by atoms with Crippen LogP contribution in [0, 0.1) is 0 Å². The monoisotopic (exact) mass is 410 g/mol. The van der Waals surface area contributed by atoms with E-state index in [4.69, 9.17) is 16.0 Å². The summed E-state index contributed by atoms with van der Waals surface area (Å²) in [5.41, 5.74) is 2.76. The number of carbonyl (C=O) groups excluding carboxylic acids is 1. The molecule has 0 saturated heterocycles. The summed E-state index contributed by atoms with van der Waals surface area (Å²) in [6.07, 6.45) is 4.25. The van der Waals surface area contributed by atoms with Crippen LogP contribution in [0.2, 0.25) is 5.02 Å². The summed E-state index contributed by atoms with van der Waals surface area (Å²) < 4.78 is 5.53. The normalized spacial score (nSPS) is 11.0. The first-order valence-electron chi connectivity index (χ1n) is 8.98. The minimum atomic E-state index is -0.115. The first-order chi connectivity index (χ1) is 13.7. The highest BCUT2D eigenvalue weighted by atomic mass is 35.5. The maximum atomic E-state index is 12.6. The average Bonchev–Trinajstić information content (AvgIpc) is 3.34. The molecule has 4 rings (SSSR count). The zero-order valence-corrected chi connectivity index (χ0v) is 16.6. The third kappa shape index (κ3) is 4.26. The van der Waals surface area contributed by atoms with Gasteiger partial charge in [0.05, 0.1) is 17.6 Å². The SMILES string of the molecule is O=C(NCCc1c[nH]c2ccc(Cl)cc12)c1ccoc1CSc1ccccc1. The standard InChI is InChI=1S/C22H19ClN2O2S/c23-16-6-7-20-19(12-16)15(13-25-20)8-10-24-22(26)18-9-11-27-21(18)14-28-17-4-2-1-3-5-17/h1-7,9,11-13,25H,8,10,14H2,(H,24,26). The summed E-state index contributed by atoms with van der Waals surface area (Å²) in [5, 5.41) is 4.78. The first kappa shape index (κ1) is 18.7. The van der Waals surface area contributed by atoms with Crippen molar-refractivity contribution < 1.29 is 9.21 Å².